The van der Waals surface area contributed by atoms with E-state index >= 15 is 0 Å². The number of fused-ring (bicyclic) bond motifs is 1. The SMILES string of the molecule is Cc1nc2ccc(NC(=O)c3oc(Br)cc3C)cc2o1. The molecule has 0 unspecified atom stereocenters. The number of aryl methyl sites for hydroxylation is 2. The quantitative estimate of drug-likeness (QED) is 0.767. The highest BCUT2D eigenvalue weighted by molar-refractivity contribution is 9.10. The van der Waals surface area contributed by atoms with Crippen LogP contribution in [-0.4, -0.2) is 10.9 Å². The van der Waals surface area contributed by atoms with E-state index in [9.17, 15) is 4.79 Å². The molecule has 3 rings (SSSR count). The van der Waals surface area contributed by atoms with Crippen LogP contribution in [0.25, 0.3) is 11.1 Å². The molecule has 0 bridgehead atoms. The lowest BCUT2D eigenvalue weighted by atomic mass is 10.2. The molecule has 0 spiro atoms. The highest BCUT2D eigenvalue weighted by Crippen LogP contribution is 2.23. The van der Waals surface area contributed by atoms with Crippen molar-refractivity contribution >= 4 is 38.6 Å². The fourth-order valence-electron chi connectivity index (χ4n) is 1.97. The highest BCUT2D eigenvalue weighted by atomic mass is 79.9. The summed E-state index contributed by atoms with van der Waals surface area (Å²) in [6.45, 7) is 3.59. The molecule has 1 aromatic carbocycles. The van der Waals surface area contributed by atoms with Gasteiger partial charge >= 0.3 is 0 Å². The van der Waals surface area contributed by atoms with Crippen molar-refractivity contribution in [3.8, 4) is 0 Å². The predicted octanol–water partition coefficient (Wildman–Crippen LogP) is 4.05. The fraction of sp³-hybridized carbons (Fsp3) is 0.143. The molecule has 0 saturated heterocycles. The van der Waals surface area contributed by atoms with E-state index in [4.69, 9.17) is 8.83 Å². The number of carbonyl (C=O) groups excluding carboxylic acids is 1. The number of rotatable bonds is 2. The lowest BCUT2D eigenvalue weighted by Gasteiger charge is -2.03. The number of benzene rings is 1. The van der Waals surface area contributed by atoms with Gasteiger partial charge in [-0.15, -0.1) is 0 Å². The lowest BCUT2D eigenvalue weighted by molar-refractivity contribution is 0.0994. The van der Waals surface area contributed by atoms with Gasteiger partial charge in [0.15, 0.2) is 21.9 Å². The Labute approximate surface area is 123 Å². The second-order valence-electron chi connectivity index (χ2n) is 4.43. The van der Waals surface area contributed by atoms with Gasteiger partial charge in [-0.05, 0) is 41.1 Å². The first kappa shape index (κ1) is 12.9. The number of amides is 1. The van der Waals surface area contributed by atoms with Crippen LogP contribution in [0.1, 0.15) is 22.0 Å². The van der Waals surface area contributed by atoms with Crippen molar-refractivity contribution in [3.63, 3.8) is 0 Å². The molecule has 1 amide bonds. The van der Waals surface area contributed by atoms with Gasteiger partial charge < -0.3 is 14.2 Å². The molecular formula is C14H11BrN2O3. The molecule has 102 valence electrons. The zero-order chi connectivity index (χ0) is 14.3. The molecule has 0 atom stereocenters. The minimum atomic E-state index is -0.302. The third-order valence-electron chi connectivity index (χ3n) is 2.85. The number of furan rings is 1. The number of oxazole rings is 1. The zero-order valence-corrected chi connectivity index (χ0v) is 12.4. The molecule has 0 aliphatic heterocycles. The number of carbonyl (C=O) groups is 1. The van der Waals surface area contributed by atoms with E-state index in [1.165, 1.54) is 0 Å². The molecule has 6 heteroatoms. The van der Waals surface area contributed by atoms with Crippen LogP contribution >= 0.6 is 15.9 Å². The summed E-state index contributed by atoms with van der Waals surface area (Å²) in [6.07, 6.45) is 0. The Morgan fingerprint density at radius 2 is 2.05 bits per heavy atom. The van der Waals surface area contributed by atoms with E-state index in [1.54, 1.807) is 31.2 Å². The van der Waals surface area contributed by atoms with Gasteiger partial charge in [0.2, 0.25) is 0 Å². The average Bonchev–Trinajstić information content (AvgIpc) is 2.90. The van der Waals surface area contributed by atoms with Gasteiger partial charge in [0, 0.05) is 24.2 Å². The fourth-order valence-corrected chi connectivity index (χ4v) is 2.48. The number of halogens is 1. The second kappa shape index (κ2) is 4.79. The maximum atomic E-state index is 12.1. The van der Waals surface area contributed by atoms with E-state index in [1.807, 2.05) is 6.92 Å². The topological polar surface area (TPSA) is 68.3 Å². The maximum absolute atomic E-state index is 12.1. The van der Waals surface area contributed by atoms with Crippen LogP contribution in [0.3, 0.4) is 0 Å². The molecule has 2 aromatic heterocycles. The van der Waals surface area contributed by atoms with E-state index < -0.39 is 0 Å². The molecule has 1 N–H and O–H groups in total. The number of anilines is 1. The molecule has 3 aromatic rings. The first-order valence-electron chi connectivity index (χ1n) is 5.97. The van der Waals surface area contributed by atoms with Crippen LogP contribution in [0.4, 0.5) is 5.69 Å². The summed E-state index contributed by atoms with van der Waals surface area (Å²) >= 11 is 3.20. The number of nitrogens with zero attached hydrogens (tertiary/aromatic N) is 1. The largest absolute Gasteiger partial charge is 0.444 e. The van der Waals surface area contributed by atoms with Gasteiger partial charge in [0.1, 0.15) is 5.52 Å². The van der Waals surface area contributed by atoms with Crippen molar-refractivity contribution in [2.24, 2.45) is 0 Å². The van der Waals surface area contributed by atoms with Crippen LogP contribution in [0.2, 0.25) is 0 Å². The highest BCUT2D eigenvalue weighted by Gasteiger charge is 2.15. The van der Waals surface area contributed by atoms with Crippen LogP contribution in [0.15, 0.2) is 37.8 Å². The van der Waals surface area contributed by atoms with Crippen molar-refractivity contribution in [3.05, 3.63) is 46.1 Å². The summed E-state index contributed by atoms with van der Waals surface area (Å²) in [5.41, 5.74) is 2.80. The zero-order valence-electron chi connectivity index (χ0n) is 10.9. The van der Waals surface area contributed by atoms with E-state index in [0.717, 1.165) is 11.1 Å². The third kappa shape index (κ3) is 2.34. The molecule has 0 aliphatic carbocycles. The number of hydrogen-bond acceptors (Lipinski definition) is 4. The minimum absolute atomic E-state index is 0.283. The molecular weight excluding hydrogens is 324 g/mol. The van der Waals surface area contributed by atoms with Gasteiger partial charge in [0.05, 0.1) is 0 Å². The predicted molar refractivity (Wildman–Crippen MR) is 77.8 cm³/mol. The first-order chi connectivity index (χ1) is 9.52. The first-order valence-corrected chi connectivity index (χ1v) is 6.77. The summed E-state index contributed by atoms with van der Waals surface area (Å²) in [6, 6.07) is 7.06. The third-order valence-corrected chi connectivity index (χ3v) is 3.24. The van der Waals surface area contributed by atoms with Crippen molar-refractivity contribution < 1.29 is 13.6 Å². The Balaban J connectivity index is 1.88. The normalized spacial score (nSPS) is 10.9. The maximum Gasteiger partial charge on any atom is 0.291 e. The molecule has 0 radical (unpaired) electrons. The lowest BCUT2D eigenvalue weighted by Crippen LogP contribution is -2.11. The van der Waals surface area contributed by atoms with Gasteiger partial charge in [-0.25, -0.2) is 4.98 Å². The van der Waals surface area contributed by atoms with Crippen LogP contribution in [0.5, 0.6) is 0 Å². The summed E-state index contributed by atoms with van der Waals surface area (Å²) in [4.78, 5) is 16.3. The van der Waals surface area contributed by atoms with Crippen LogP contribution in [0, 0.1) is 13.8 Å². The van der Waals surface area contributed by atoms with Crippen molar-refractivity contribution in [2.45, 2.75) is 13.8 Å². The van der Waals surface area contributed by atoms with E-state index in [0.29, 0.717) is 21.8 Å². The molecule has 0 aliphatic rings. The molecule has 0 saturated carbocycles. The molecule has 20 heavy (non-hydrogen) atoms. The number of aromatic nitrogens is 1. The van der Waals surface area contributed by atoms with E-state index in [2.05, 4.69) is 26.2 Å². The van der Waals surface area contributed by atoms with Crippen molar-refractivity contribution in [1.29, 1.82) is 0 Å². The summed E-state index contributed by atoms with van der Waals surface area (Å²) in [5, 5.41) is 2.77. The molecule has 2 heterocycles. The van der Waals surface area contributed by atoms with Gasteiger partial charge in [0.25, 0.3) is 5.91 Å². The monoisotopic (exact) mass is 334 g/mol. The summed E-state index contributed by atoms with van der Waals surface area (Å²) in [7, 11) is 0. The summed E-state index contributed by atoms with van der Waals surface area (Å²) < 4.78 is 11.3. The van der Waals surface area contributed by atoms with Crippen LogP contribution < -0.4 is 5.32 Å². The Morgan fingerprint density at radius 1 is 1.25 bits per heavy atom. The number of nitrogens with one attached hydrogen (secondary N) is 1. The minimum Gasteiger partial charge on any atom is -0.444 e. The Hall–Kier alpha value is -2.08. The molecule has 5 nitrogen and oxygen atoms in total. The van der Waals surface area contributed by atoms with Crippen molar-refractivity contribution in [2.75, 3.05) is 5.32 Å². The van der Waals surface area contributed by atoms with Crippen LogP contribution in [-0.2, 0) is 0 Å². The Kier molecular flexibility index (Phi) is 3.10. The second-order valence-corrected chi connectivity index (χ2v) is 5.21. The smallest absolute Gasteiger partial charge is 0.291 e. The Bertz CT molecular complexity index is 804. The summed E-state index contributed by atoms with van der Waals surface area (Å²) in [5.74, 6) is 0.573. The van der Waals surface area contributed by atoms with Crippen molar-refractivity contribution in [1.82, 2.24) is 4.98 Å². The van der Waals surface area contributed by atoms with Gasteiger partial charge in [-0.1, -0.05) is 0 Å². The number of hydrogen-bond donors (Lipinski definition) is 1. The Morgan fingerprint density at radius 3 is 2.75 bits per heavy atom. The van der Waals surface area contributed by atoms with E-state index in [-0.39, 0.29) is 11.7 Å². The van der Waals surface area contributed by atoms with Gasteiger partial charge in [-0.3, -0.25) is 4.79 Å². The molecule has 0 fully saturated rings. The average molecular weight is 335 g/mol. The standard InChI is InChI=1S/C14H11BrN2O3/c1-7-5-12(15)20-13(7)14(18)17-9-3-4-10-11(6-9)19-8(2)16-10/h3-6H,1-2H3,(H,17,18). The van der Waals surface area contributed by atoms with Gasteiger partial charge in [-0.2, -0.15) is 0 Å².